The summed E-state index contributed by atoms with van der Waals surface area (Å²) in [5, 5.41) is 1.05. The van der Waals surface area contributed by atoms with Gasteiger partial charge in [-0.25, -0.2) is 0 Å². The number of carbonyl (C=O) groups excluding carboxylic acids is 2. The third-order valence-corrected chi connectivity index (χ3v) is 8.16. The average Bonchev–Trinajstić information content (AvgIpc) is 3.56. The number of H-pyrrole nitrogens is 1. The smallest absolute Gasteiger partial charge is 0.255 e. The molecule has 0 saturated carbocycles. The van der Waals surface area contributed by atoms with E-state index in [0.29, 0.717) is 37.8 Å². The van der Waals surface area contributed by atoms with E-state index in [2.05, 4.69) is 11.1 Å². The summed E-state index contributed by atoms with van der Waals surface area (Å²) in [6, 6.07) is 14.0. The number of ether oxygens (including phenoxy) is 3. The standard InChI is InChI=1S/C29H33N3O5/c1-4-36-26-19(11-7-13-23(26)35-3)21-16-32-24(33)17-31(15-18-9-8-14-37-18)28(34)29(32,2)27-25(21)20-10-5-6-12-22(20)30-27/h5-7,10-13,18,21,30H,4,8-9,14-17H2,1-3H3/t18-,21+,29+/m1/s1. The fourth-order valence-electron chi connectivity index (χ4n) is 6.41. The number of methoxy groups -OCH3 is 1. The summed E-state index contributed by atoms with van der Waals surface area (Å²) in [4.78, 5) is 34.9. The first-order chi connectivity index (χ1) is 18.0. The van der Waals surface area contributed by atoms with Crippen LogP contribution >= 0.6 is 0 Å². The van der Waals surface area contributed by atoms with E-state index in [-0.39, 0.29) is 30.4 Å². The van der Waals surface area contributed by atoms with Gasteiger partial charge < -0.3 is 29.0 Å². The zero-order valence-electron chi connectivity index (χ0n) is 21.6. The zero-order chi connectivity index (χ0) is 25.7. The summed E-state index contributed by atoms with van der Waals surface area (Å²) in [7, 11) is 1.63. The predicted molar refractivity (Wildman–Crippen MR) is 139 cm³/mol. The molecule has 8 heteroatoms. The number of benzene rings is 2. The quantitative estimate of drug-likeness (QED) is 0.554. The molecule has 0 radical (unpaired) electrons. The van der Waals surface area contributed by atoms with Gasteiger partial charge in [-0.3, -0.25) is 9.59 Å². The van der Waals surface area contributed by atoms with Gasteiger partial charge in [0.15, 0.2) is 17.0 Å². The van der Waals surface area contributed by atoms with Gasteiger partial charge >= 0.3 is 0 Å². The SMILES string of the molecule is CCOc1c(OC)cccc1[C@@H]1CN2C(=O)CN(C[C@H]3CCCO3)C(=O)[C@]2(C)c2[nH]c3ccccc3c21. The molecule has 37 heavy (non-hydrogen) atoms. The number of nitrogens with one attached hydrogen (secondary N) is 1. The number of piperazine rings is 1. The number of hydrogen-bond donors (Lipinski definition) is 1. The monoisotopic (exact) mass is 503 g/mol. The van der Waals surface area contributed by atoms with Crippen LogP contribution in [0.2, 0.25) is 0 Å². The third-order valence-electron chi connectivity index (χ3n) is 8.16. The van der Waals surface area contributed by atoms with E-state index in [1.165, 1.54) is 0 Å². The fourth-order valence-corrected chi connectivity index (χ4v) is 6.41. The molecule has 0 spiro atoms. The molecule has 0 unspecified atom stereocenters. The lowest BCUT2D eigenvalue weighted by Gasteiger charge is -2.51. The molecule has 0 bridgehead atoms. The van der Waals surface area contributed by atoms with E-state index in [4.69, 9.17) is 14.2 Å². The van der Waals surface area contributed by atoms with Gasteiger partial charge in [0.05, 0.1) is 32.1 Å². The molecule has 0 aliphatic carbocycles. The largest absolute Gasteiger partial charge is 0.493 e. The molecule has 2 saturated heterocycles. The van der Waals surface area contributed by atoms with Crippen molar-refractivity contribution in [1.29, 1.82) is 0 Å². The van der Waals surface area contributed by atoms with Crippen molar-refractivity contribution in [3.63, 3.8) is 0 Å². The number of hydrogen-bond acceptors (Lipinski definition) is 5. The Labute approximate surface area is 216 Å². The molecular weight excluding hydrogens is 470 g/mol. The van der Waals surface area contributed by atoms with Crippen molar-refractivity contribution in [2.45, 2.75) is 44.2 Å². The van der Waals surface area contributed by atoms with E-state index in [9.17, 15) is 9.59 Å². The van der Waals surface area contributed by atoms with Crippen molar-refractivity contribution in [2.75, 3.05) is 40.0 Å². The highest BCUT2D eigenvalue weighted by molar-refractivity contribution is 6.01. The Bertz CT molecular complexity index is 1360. The van der Waals surface area contributed by atoms with Gasteiger partial charge in [-0.1, -0.05) is 30.3 Å². The summed E-state index contributed by atoms with van der Waals surface area (Å²) in [6.45, 7) is 5.90. The molecule has 3 aliphatic heterocycles. The van der Waals surface area contributed by atoms with E-state index in [1.807, 2.05) is 50.2 Å². The van der Waals surface area contributed by atoms with Crippen LogP contribution in [0.1, 0.15) is 49.4 Å². The lowest BCUT2D eigenvalue weighted by atomic mass is 9.76. The zero-order valence-corrected chi connectivity index (χ0v) is 21.6. The van der Waals surface area contributed by atoms with Gasteiger partial charge in [-0.05, 0) is 44.4 Å². The molecular formula is C29H33N3O5. The highest BCUT2D eigenvalue weighted by atomic mass is 16.5. The third kappa shape index (κ3) is 3.61. The van der Waals surface area contributed by atoms with E-state index < -0.39 is 5.54 Å². The van der Waals surface area contributed by atoms with Gasteiger partial charge in [0.1, 0.15) is 0 Å². The van der Waals surface area contributed by atoms with Crippen molar-refractivity contribution >= 4 is 22.7 Å². The number of aromatic amines is 1. The maximum absolute atomic E-state index is 14.2. The van der Waals surface area contributed by atoms with Gasteiger partial charge in [-0.15, -0.1) is 0 Å². The minimum Gasteiger partial charge on any atom is -0.493 e. The van der Waals surface area contributed by atoms with Crippen LogP contribution in [0.25, 0.3) is 10.9 Å². The first-order valence-corrected chi connectivity index (χ1v) is 13.1. The Kier molecular flexibility index (Phi) is 5.87. The van der Waals surface area contributed by atoms with Crippen LogP contribution in [0.5, 0.6) is 11.5 Å². The van der Waals surface area contributed by atoms with Crippen LogP contribution in [0, 0.1) is 0 Å². The molecule has 3 aliphatic rings. The summed E-state index contributed by atoms with van der Waals surface area (Å²) in [5.74, 6) is 1.00. The van der Waals surface area contributed by atoms with Crippen LogP contribution in [0.4, 0.5) is 0 Å². The second-order valence-corrected chi connectivity index (χ2v) is 10.2. The van der Waals surface area contributed by atoms with Crippen molar-refractivity contribution in [1.82, 2.24) is 14.8 Å². The fraction of sp³-hybridized carbons (Fsp3) is 0.448. The summed E-state index contributed by atoms with van der Waals surface area (Å²) in [5.41, 5.74) is 2.55. The van der Waals surface area contributed by atoms with Gasteiger partial charge in [-0.2, -0.15) is 0 Å². The Morgan fingerprint density at radius 3 is 2.76 bits per heavy atom. The van der Waals surface area contributed by atoms with Crippen molar-refractivity contribution in [3.05, 3.63) is 59.3 Å². The number of amides is 2. The Morgan fingerprint density at radius 2 is 2.00 bits per heavy atom. The van der Waals surface area contributed by atoms with Gasteiger partial charge in [0.25, 0.3) is 5.91 Å². The molecule has 8 nitrogen and oxygen atoms in total. The first-order valence-electron chi connectivity index (χ1n) is 13.1. The Morgan fingerprint density at radius 1 is 1.16 bits per heavy atom. The minimum atomic E-state index is -1.14. The summed E-state index contributed by atoms with van der Waals surface area (Å²) >= 11 is 0. The minimum absolute atomic E-state index is 0.0176. The van der Waals surface area contributed by atoms with Crippen LogP contribution < -0.4 is 9.47 Å². The maximum atomic E-state index is 14.2. The molecule has 3 aromatic rings. The molecule has 2 amide bonds. The first kappa shape index (κ1) is 23.9. The number of aromatic nitrogens is 1. The Hall–Kier alpha value is -3.52. The number of rotatable bonds is 6. The normalized spacial score (nSPS) is 25.4. The van der Waals surface area contributed by atoms with Crippen LogP contribution in [0.15, 0.2) is 42.5 Å². The number of fused-ring (bicyclic) bond motifs is 5. The topological polar surface area (TPSA) is 84.1 Å². The molecule has 1 N–H and O–H groups in total. The summed E-state index contributed by atoms with van der Waals surface area (Å²) in [6.07, 6.45) is 1.88. The van der Waals surface area contributed by atoms with E-state index in [1.54, 1.807) is 16.9 Å². The van der Waals surface area contributed by atoms with Crippen molar-refractivity contribution in [2.24, 2.45) is 0 Å². The number of carbonyl (C=O) groups is 2. The van der Waals surface area contributed by atoms with Crippen LogP contribution in [0.3, 0.4) is 0 Å². The van der Waals surface area contributed by atoms with Crippen LogP contribution in [-0.4, -0.2) is 72.7 Å². The van der Waals surface area contributed by atoms with Gasteiger partial charge in [0.2, 0.25) is 5.91 Å². The molecule has 2 fully saturated rings. The van der Waals surface area contributed by atoms with Gasteiger partial charge in [0, 0.05) is 42.1 Å². The Balaban J connectivity index is 1.53. The second kappa shape index (κ2) is 9.10. The lowest BCUT2D eigenvalue weighted by Crippen LogP contribution is -2.68. The highest BCUT2D eigenvalue weighted by Gasteiger charge is 2.56. The number of para-hydroxylation sites is 2. The maximum Gasteiger partial charge on any atom is 0.255 e. The van der Waals surface area contributed by atoms with Crippen molar-refractivity contribution in [3.8, 4) is 11.5 Å². The summed E-state index contributed by atoms with van der Waals surface area (Å²) < 4.78 is 17.5. The molecule has 1 aromatic heterocycles. The molecule has 4 heterocycles. The predicted octanol–water partition coefficient (Wildman–Crippen LogP) is 3.79. The molecule has 2 aromatic carbocycles. The molecule has 194 valence electrons. The average molecular weight is 504 g/mol. The van der Waals surface area contributed by atoms with E-state index in [0.717, 1.165) is 40.6 Å². The second-order valence-electron chi connectivity index (χ2n) is 10.2. The van der Waals surface area contributed by atoms with E-state index >= 15 is 0 Å². The molecule has 6 rings (SSSR count). The highest BCUT2D eigenvalue weighted by Crippen LogP contribution is 2.50. The molecule has 3 atom stereocenters. The number of nitrogens with zero attached hydrogens (tertiary/aromatic N) is 2. The van der Waals surface area contributed by atoms with Crippen molar-refractivity contribution < 1.29 is 23.8 Å². The van der Waals surface area contributed by atoms with Crippen LogP contribution in [-0.2, 0) is 19.9 Å². The lowest BCUT2D eigenvalue weighted by molar-refractivity contribution is -0.167.